The first-order valence-electron chi connectivity index (χ1n) is 17.0. The molecule has 13 nitrogen and oxygen atoms in total. The molecule has 4 N–H and O–H groups in total. The summed E-state index contributed by atoms with van der Waals surface area (Å²) in [6.07, 6.45) is -1.11. The van der Waals surface area contributed by atoms with Crippen molar-refractivity contribution in [2.45, 2.75) is 109 Å². The first-order valence-corrected chi connectivity index (χ1v) is 18.2. The van der Waals surface area contributed by atoms with Crippen molar-refractivity contribution in [3.05, 3.63) is 70.8 Å². The van der Waals surface area contributed by atoms with Gasteiger partial charge in [0.05, 0.1) is 14.2 Å². The van der Waals surface area contributed by atoms with Crippen LogP contribution in [0.5, 0.6) is 0 Å². The fourth-order valence-electron chi connectivity index (χ4n) is 5.80. The number of benzene rings is 2. The van der Waals surface area contributed by atoms with Crippen LogP contribution in [-0.4, -0.2) is 89.2 Å². The number of nitrogens with one attached hydrogen (secondary N) is 3. The molecule has 286 valence electrons. The highest BCUT2D eigenvalue weighted by Gasteiger charge is 2.48. The maximum absolute atomic E-state index is 13.4. The van der Waals surface area contributed by atoms with E-state index in [1.165, 1.54) is 39.8 Å². The van der Waals surface area contributed by atoms with Gasteiger partial charge in [-0.15, -0.1) is 0 Å². The van der Waals surface area contributed by atoms with Crippen molar-refractivity contribution in [1.29, 1.82) is 0 Å². The predicted molar refractivity (Wildman–Crippen MR) is 197 cm³/mol. The molecule has 2 aromatic rings. The molecule has 0 spiro atoms. The average molecular weight is 744 g/mol. The quantitative estimate of drug-likeness (QED) is 0.129. The zero-order valence-corrected chi connectivity index (χ0v) is 32.6. The first-order chi connectivity index (χ1) is 24.0. The highest BCUT2D eigenvalue weighted by molar-refractivity contribution is 7.99. The van der Waals surface area contributed by atoms with E-state index >= 15 is 0 Å². The Balaban J connectivity index is 1.86. The molecule has 1 unspecified atom stereocenters. The summed E-state index contributed by atoms with van der Waals surface area (Å²) in [6.45, 7) is 13.3. The van der Waals surface area contributed by atoms with Gasteiger partial charge in [0, 0.05) is 18.6 Å². The van der Waals surface area contributed by atoms with Crippen LogP contribution in [0.3, 0.4) is 0 Å². The third-order valence-electron chi connectivity index (χ3n) is 8.24. The van der Waals surface area contributed by atoms with Gasteiger partial charge in [-0.3, -0.25) is 4.79 Å². The smallest absolute Gasteiger partial charge is 0.408 e. The van der Waals surface area contributed by atoms with Gasteiger partial charge in [-0.1, -0.05) is 48.5 Å². The largest absolute Gasteiger partial charge is 0.467 e. The molecule has 0 fully saturated rings. The van der Waals surface area contributed by atoms with E-state index in [2.05, 4.69) is 16.0 Å². The van der Waals surface area contributed by atoms with Crippen LogP contribution in [0.25, 0.3) is 0 Å². The van der Waals surface area contributed by atoms with Crippen LogP contribution in [0.2, 0.25) is 0 Å². The molecule has 0 heterocycles. The number of carbonyl (C=O) groups excluding carboxylic acids is 5. The van der Waals surface area contributed by atoms with Crippen molar-refractivity contribution >= 4 is 41.8 Å². The Morgan fingerprint density at radius 2 is 1.40 bits per heavy atom. The lowest BCUT2D eigenvalue weighted by Crippen LogP contribution is -2.57. The molecule has 0 aliphatic heterocycles. The SMILES string of the molecule is COC(=O)C(C)(C)NC(=O)[C@H](CCSCC(O)(c1ccccc1)c1ccc2c(c1)C[C@](NC(=O)OC(C)(C)C)(C(=O)OC)C2)NC(=O)OC(C)(C)C. The Bertz CT molecular complexity index is 1620. The number of esters is 2. The van der Waals surface area contributed by atoms with Crippen molar-refractivity contribution < 1.29 is 48.0 Å². The number of amides is 3. The van der Waals surface area contributed by atoms with Gasteiger partial charge in [0.1, 0.15) is 33.9 Å². The van der Waals surface area contributed by atoms with Crippen molar-refractivity contribution in [2.24, 2.45) is 0 Å². The van der Waals surface area contributed by atoms with Gasteiger partial charge < -0.3 is 40.0 Å². The number of methoxy groups -OCH3 is 2. The number of carbonyl (C=O) groups is 5. The van der Waals surface area contributed by atoms with Crippen molar-refractivity contribution in [1.82, 2.24) is 16.0 Å². The Labute approximate surface area is 310 Å². The minimum Gasteiger partial charge on any atom is -0.467 e. The molecule has 0 aromatic heterocycles. The summed E-state index contributed by atoms with van der Waals surface area (Å²) in [5, 5.41) is 20.4. The van der Waals surface area contributed by atoms with Gasteiger partial charge in [0.15, 0.2) is 0 Å². The van der Waals surface area contributed by atoms with Crippen LogP contribution in [0, 0.1) is 0 Å². The lowest BCUT2D eigenvalue weighted by molar-refractivity contribution is -0.149. The van der Waals surface area contributed by atoms with Crippen molar-refractivity contribution in [2.75, 3.05) is 25.7 Å². The van der Waals surface area contributed by atoms with E-state index in [1.807, 2.05) is 42.5 Å². The highest BCUT2D eigenvalue weighted by Crippen LogP contribution is 2.38. The monoisotopic (exact) mass is 743 g/mol. The number of hydrogen-bond acceptors (Lipinski definition) is 11. The molecule has 3 amide bonds. The fourth-order valence-corrected chi connectivity index (χ4v) is 6.97. The van der Waals surface area contributed by atoms with Gasteiger partial charge in [0.25, 0.3) is 0 Å². The normalized spacial score (nSPS) is 17.4. The molecule has 14 heteroatoms. The fraction of sp³-hybridized carbons (Fsp3) is 0.553. The summed E-state index contributed by atoms with van der Waals surface area (Å²) < 4.78 is 20.7. The molecule has 1 aliphatic rings. The topological polar surface area (TPSA) is 179 Å². The summed E-state index contributed by atoms with van der Waals surface area (Å²) in [5.74, 6) is -1.40. The maximum Gasteiger partial charge on any atom is 0.408 e. The van der Waals surface area contributed by atoms with E-state index in [0.717, 1.165) is 11.1 Å². The molecule has 3 atom stereocenters. The van der Waals surface area contributed by atoms with Crippen LogP contribution < -0.4 is 16.0 Å². The number of aliphatic hydroxyl groups is 1. The van der Waals surface area contributed by atoms with Crippen LogP contribution in [0.1, 0.15) is 84.1 Å². The average Bonchev–Trinajstić information content (AvgIpc) is 3.41. The number of hydrogen-bond donors (Lipinski definition) is 4. The Morgan fingerprint density at radius 3 is 1.98 bits per heavy atom. The zero-order chi connectivity index (χ0) is 39.1. The Morgan fingerprint density at radius 1 is 0.808 bits per heavy atom. The molecule has 2 aromatic carbocycles. The van der Waals surface area contributed by atoms with Gasteiger partial charge in [-0.05, 0) is 89.8 Å². The molecule has 0 saturated carbocycles. The Kier molecular flexibility index (Phi) is 13.4. The van der Waals surface area contributed by atoms with E-state index in [1.54, 1.807) is 47.6 Å². The molecule has 3 rings (SSSR count). The standard InChI is InChI=1S/C38H53N3O10S/c1-34(2,3)50-32(45)39-28(29(42)40-36(7,8)30(43)48-9)18-19-52-23-38(47,26-14-12-11-13-15-26)27-17-16-24-21-37(31(44)49-10,22-25(24)20-27)41-33(46)51-35(4,5)6/h11-17,20,28,47H,18-19,21-23H2,1-10H3,(H,39,45)(H,40,42)(H,41,46)/t28-,37-,38?/m0/s1. The summed E-state index contributed by atoms with van der Waals surface area (Å²) >= 11 is 1.36. The van der Waals surface area contributed by atoms with E-state index in [9.17, 15) is 29.1 Å². The van der Waals surface area contributed by atoms with E-state index in [4.69, 9.17) is 18.9 Å². The van der Waals surface area contributed by atoms with Crippen molar-refractivity contribution in [3.63, 3.8) is 0 Å². The minimum absolute atomic E-state index is 0.120. The van der Waals surface area contributed by atoms with Crippen LogP contribution in [-0.2, 0) is 51.8 Å². The third-order valence-corrected chi connectivity index (χ3v) is 9.38. The van der Waals surface area contributed by atoms with Gasteiger partial charge in [0.2, 0.25) is 5.91 Å². The lowest BCUT2D eigenvalue weighted by atomic mass is 9.86. The number of thioether (sulfide) groups is 1. The predicted octanol–water partition coefficient (Wildman–Crippen LogP) is 4.54. The molecule has 0 saturated heterocycles. The van der Waals surface area contributed by atoms with Gasteiger partial charge >= 0.3 is 24.1 Å². The summed E-state index contributed by atoms with van der Waals surface area (Å²) in [5.41, 5.74) is -3.11. The first kappa shape index (κ1) is 42.1. The molecular weight excluding hydrogens is 690 g/mol. The van der Waals surface area contributed by atoms with E-state index in [-0.39, 0.29) is 25.0 Å². The lowest BCUT2D eigenvalue weighted by Gasteiger charge is -2.30. The zero-order valence-electron chi connectivity index (χ0n) is 31.8. The molecule has 0 bridgehead atoms. The minimum atomic E-state index is -1.51. The number of rotatable bonds is 13. The van der Waals surface area contributed by atoms with Gasteiger partial charge in [-0.2, -0.15) is 11.8 Å². The molecule has 1 aliphatic carbocycles. The van der Waals surface area contributed by atoms with Crippen LogP contribution in [0.15, 0.2) is 48.5 Å². The van der Waals surface area contributed by atoms with E-state index < -0.39 is 64.0 Å². The molecule has 0 radical (unpaired) electrons. The van der Waals surface area contributed by atoms with Crippen LogP contribution >= 0.6 is 11.8 Å². The Hall–Kier alpha value is -4.30. The van der Waals surface area contributed by atoms with Crippen molar-refractivity contribution in [3.8, 4) is 0 Å². The van der Waals surface area contributed by atoms with E-state index in [0.29, 0.717) is 16.9 Å². The van der Waals surface area contributed by atoms with Gasteiger partial charge in [-0.25, -0.2) is 19.2 Å². The second-order valence-electron chi connectivity index (χ2n) is 15.4. The third kappa shape index (κ3) is 11.1. The number of fused-ring (bicyclic) bond motifs is 1. The number of ether oxygens (including phenoxy) is 4. The van der Waals surface area contributed by atoms with Crippen LogP contribution in [0.4, 0.5) is 9.59 Å². The second-order valence-corrected chi connectivity index (χ2v) is 16.5. The molecule has 52 heavy (non-hydrogen) atoms. The summed E-state index contributed by atoms with van der Waals surface area (Å²) in [7, 11) is 2.48. The summed E-state index contributed by atoms with van der Waals surface area (Å²) in [4.78, 5) is 64.3. The molecular formula is C38H53N3O10S. The number of alkyl carbamates (subject to hydrolysis) is 2. The maximum atomic E-state index is 13.4. The summed E-state index contributed by atoms with van der Waals surface area (Å²) in [6, 6.07) is 13.5. The second kappa shape index (κ2) is 16.6. The highest BCUT2D eigenvalue weighted by atomic mass is 32.2.